The van der Waals surface area contributed by atoms with Crippen LogP contribution < -0.4 is 0 Å². The van der Waals surface area contributed by atoms with Crippen LogP contribution in [0.5, 0.6) is 0 Å². The zero-order chi connectivity index (χ0) is 17.1. The molecule has 1 heterocycles. The van der Waals surface area contributed by atoms with E-state index in [1.54, 1.807) is 6.07 Å². The Morgan fingerprint density at radius 3 is 2.58 bits per heavy atom. The Hall–Kier alpha value is -1.49. The lowest BCUT2D eigenvalue weighted by Gasteiger charge is -2.03. The van der Waals surface area contributed by atoms with Crippen LogP contribution in [0.4, 0.5) is 0 Å². The Morgan fingerprint density at radius 1 is 1.00 bits per heavy atom. The molecule has 0 aliphatic carbocycles. The van der Waals surface area contributed by atoms with Crippen molar-refractivity contribution >= 4 is 35.0 Å². The van der Waals surface area contributed by atoms with Crippen LogP contribution in [0.2, 0.25) is 10.0 Å². The first-order chi connectivity index (χ1) is 11.5. The third-order valence-electron chi connectivity index (χ3n) is 3.74. The minimum absolute atomic E-state index is 0.542. The van der Waals surface area contributed by atoms with Crippen LogP contribution in [0.15, 0.2) is 46.0 Å². The van der Waals surface area contributed by atoms with Crippen molar-refractivity contribution in [2.45, 2.75) is 31.2 Å². The summed E-state index contributed by atoms with van der Waals surface area (Å²) in [6.07, 6.45) is 0.635. The molecule has 0 N–H and O–H groups in total. The Kier molecular flexibility index (Phi) is 5.49. The van der Waals surface area contributed by atoms with E-state index in [-0.39, 0.29) is 0 Å². The molecular formula is C18H16Cl2N2OS. The number of rotatable bonds is 5. The minimum atomic E-state index is 0.542. The van der Waals surface area contributed by atoms with Gasteiger partial charge < -0.3 is 4.42 Å². The van der Waals surface area contributed by atoms with Gasteiger partial charge in [-0.2, -0.15) is 0 Å². The highest BCUT2D eigenvalue weighted by Crippen LogP contribution is 2.28. The first-order valence-corrected chi connectivity index (χ1v) is 9.20. The van der Waals surface area contributed by atoms with Gasteiger partial charge >= 0.3 is 0 Å². The van der Waals surface area contributed by atoms with E-state index in [4.69, 9.17) is 27.6 Å². The topological polar surface area (TPSA) is 38.9 Å². The quantitative estimate of drug-likeness (QED) is 0.519. The van der Waals surface area contributed by atoms with Crippen LogP contribution in [-0.4, -0.2) is 10.2 Å². The maximum atomic E-state index is 6.17. The summed E-state index contributed by atoms with van der Waals surface area (Å²) >= 11 is 13.5. The number of hydrogen-bond donors (Lipinski definition) is 0. The van der Waals surface area contributed by atoms with Crippen LogP contribution in [0.3, 0.4) is 0 Å². The van der Waals surface area contributed by atoms with Crippen molar-refractivity contribution in [2.75, 3.05) is 0 Å². The molecule has 0 aliphatic rings. The van der Waals surface area contributed by atoms with Crippen molar-refractivity contribution in [3.8, 4) is 0 Å². The van der Waals surface area contributed by atoms with Gasteiger partial charge in [0.1, 0.15) is 0 Å². The lowest BCUT2D eigenvalue weighted by Crippen LogP contribution is -1.90. The molecule has 3 nitrogen and oxygen atoms in total. The van der Waals surface area contributed by atoms with Crippen molar-refractivity contribution in [1.82, 2.24) is 10.2 Å². The zero-order valence-corrected chi connectivity index (χ0v) is 15.7. The first-order valence-electron chi connectivity index (χ1n) is 7.46. The van der Waals surface area contributed by atoms with Gasteiger partial charge in [0.25, 0.3) is 5.22 Å². The Morgan fingerprint density at radius 2 is 1.83 bits per heavy atom. The fourth-order valence-electron chi connectivity index (χ4n) is 2.23. The lowest BCUT2D eigenvalue weighted by atomic mass is 10.0. The second-order valence-corrected chi connectivity index (χ2v) is 7.35. The molecular weight excluding hydrogens is 363 g/mol. The molecule has 3 rings (SSSR count). The highest BCUT2D eigenvalue weighted by Gasteiger charge is 2.10. The monoisotopic (exact) mass is 378 g/mol. The number of aryl methyl sites for hydroxylation is 2. The lowest BCUT2D eigenvalue weighted by molar-refractivity contribution is 0.420. The van der Waals surface area contributed by atoms with E-state index < -0.39 is 0 Å². The molecule has 1 aromatic heterocycles. The van der Waals surface area contributed by atoms with Crippen molar-refractivity contribution in [1.29, 1.82) is 0 Å². The van der Waals surface area contributed by atoms with E-state index in [1.165, 1.54) is 28.5 Å². The van der Waals surface area contributed by atoms with E-state index in [9.17, 15) is 0 Å². The van der Waals surface area contributed by atoms with Crippen LogP contribution in [-0.2, 0) is 12.2 Å². The molecule has 2 aromatic carbocycles. The van der Waals surface area contributed by atoms with E-state index in [0.29, 0.717) is 33.3 Å². The van der Waals surface area contributed by atoms with Gasteiger partial charge in [0, 0.05) is 15.8 Å². The third kappa shape index (κ3) is 4.32. The summed E-state index contributed by atoms with van der Waals surface area (Å²) in [5.41, 5.74) is 4.69. The summed E-state index contributed by atoms with van der Waals surface area (Å²) in [4.78, 5) is 0. The number of aromatic nitrogens is 2. The zero-order valence-electron chi connectivity index (χ0n) is 13.3. The van der Waals surface area contributed by atoms with E-state index in [1.807, 2.05) is 12.1 Å². The van der Waals surface area contributed by atoms with Crippen molar-refractivity contribution < 1.29 is 4.42 Å². The van der Waals surface area contributed by atoms with Crippen LogP contribution in [0.25, 0.3) is 0 Å². The van der Waals surface area contributed by atoms with Gasteiger partial charge in [0.05, 0.1) is 6.42 Å². The second kappa shape index (κ2) is 7.60. The first kappa shape index (κ1) is 17.3. The smallest absolute Gasteiger partial charge is 0.276 e. The van der Waals surface area contributed by atoms with Crippen molar-refractivity contribution in [2.24, 2.45) is 0 Å². The maximum Gasteiger partial charge on any atom is 0.276 e. The predicted molar refractivity (Wildman–Crippen MR) is 99.0 cm³/mol. The maximum absolute atomic E-state index is 6.17. The molecule has 0 saturated carbocycles. The van der Waals surface area contributed by atoms with Gasteiger partial charge in [0.2, 0.25) is 5.89 Å². The molecule has 0 saturated heterocycles. The highest BCUT2D eigenvalue weighted by molar-refractivity contribution is 7.98. The summed E-state index contributed by atoms with van der Waals surface area (Å²) in [6.45, 7) is 4.20. The molecule has 3 aromatic rings. The summed E-state index contributed by atoms with van der Waals surface area (Å²) < 4.78 is 5.71. The Balaban J connectivity index is 1.63. The Bertz CT molecular complexity index is 864. The number of hydrogen-bond acceptors (Lipinski definition) is 4. The molecule has 24 heavy (non-hydrogen) atoms. The van der Waals surface area contributed by atoms with Crippen LogP contribution in [0, 0.1) is 13.8 Å². The van der Waals surface area contributed by atoms with E-state index >= 15 is 0 Å². The second-order valence-electron chi connectivity index (χ2n) is 5.58. The number of halogens is 2. The average Bonchev–Trinajstić information content (AvgIpc) is 2.98. The van der Waals surface area contributed by atoms with Crippen LogP contribution in [0.1, 0.15) is 28.1 Å². The minimum Gasteiger partial charge on any atom is -0.416 e. The molecule has 0 atom stereocenters. The predicted octanol–water partition coefficient (Wildman–Crippen LogP) is 5.88. The SMILES string of the molecule is Cc1ccc(Cc2nnc(SCc3ccc(Cl)cc3Cl)o2)cc1C. The third-order valence-corrected chi connectivity index (χ3v) is 5.20. The molecule has 0 bridgehead atoms. The van der Waals surface area contributed by atoms with Crippen molar-refractivity contribution in [3.05, 3.63) is 74.6 Å². The number of nitrogens with zero attached hydrogens (tertiary/aromatic N) is 2. The number of thioether (sulfide) groups is 1. The molecule has 6 heteroatoms. The molecule has 0 aliphatic heterocycles. The molecule has 0 radical (unpaired) electrons. The van der Waals surface area contributed by atoms with Gasteiger partial charge in [-0.1, -0.05) is 59.2 Å². The number of benzene rings is 2. The highest BCUT2D eigenvalue weighted by atomic mass is 35.5. The fraction of sp³-hybridized carbons (Fsp3) is 0.222. The molecule has 0 unspecified atom stereocenters. The Labute approximate surface area is 155 Å². The van der Waals surface area contributed by atoms with Crippen molar-refractivity contribution in [3.63, 3.8) is 0 Å². The van der Waals surface area contributed by atoms with Crippen LogP contribution >= 0.6 is 35.0 Å². The standard InChI is InChI=1S/C18H16Cl2N2OS/c1-11-3-4-13(7-12(11)2)8-17-21-22-18(23-17)24-10-14-5-6-15(19)9-16(14)20/h3-7,9H,8,10H2,1-2H3. The van der Waals surface area contributed by atoms with Gasteiger partial charge in [-0.05, 0) is 48.2 Å². The van der Waals surface area contributed by atoms with Gasteiger partial charge in [0.15, 0.2) is 0 Å². The molecule has 0 amide bonds. The molecule has 124 valence electrons. The normalized spacial score (nSPS) is 11.0. The van der Waals surface area contributed by atoms with Gasteiger partial charge in [-0.15, -0.1) is 10.2 Å². The molecule has 0 fully saturated rings. The molecule has 0 spiro atoms. The fourth-order valence-corrected chi connectivity index (χ4v) is 3.57. The van der Waals surface area contributed by atoms with E-state index in [0.717, 1.165) is 5.56 Å². The summed E-state index contributed by atoms with van der Waals surface area (Å²) in [5.74, 6) is 1.27. The van der Waals surface area contributed by atoms with Gasteiger partial charge in [-0.3, -0.25) is 0 Å². The summed E-state index contributed by atoms with van der Waals surface area (Å²) in [6, 6.07) is 11.8. The average molecular weight is 379 g/mol. The van der Waals surface area contributed by atoms with E-state index in [2.05, 4.69) is 42.2 Å². The largest absolute Gasteiger partial charge is 0.416 e. The van der Waals surface area contributed by atoms with Gasteiger partial charge in [-0.25, -0.2) is 0 Å². The summed E-state index contributed by atoms with van der Waals surface area (Å²) in [7, 11) is 0. The summed E-state index contributed by atoms with van der Waals surface area (Å²) in [5, 5.41) is 10.0.